The zero-order valence-electron chi connectivity index (χ0n) is 8.84. The highest BCUT2D eigenvalue weighted by Crippen LogP contribution is 2.37. The second kappa shape index (κ2) is 3.11. The van der Waals surface area contributed by atoms with Gasteiger partial charge in [0.25, 0.3) is 0 Å². The molecule has 0 unspecified atom stereocenters. The van der Waals surface area contributed by atoms with E-state index in [1.165, 1.54) is 5.69 Å². The Hall–Kier alpha value is -0.800. The van der Waals surface area contributed by atoms with E-state index in [9.17, 15) is 0 Å². The molecule has 0 aliphatic carbocycles. The molecule has 1 fully saturated rings. The van der Waals surface area contributed by atoms with Gasteiger partial charge in [-0.15, -0.1) is 0 Å². The minimum absolute atomic E-state index is 0.127. The summed E-state index contributed by atoms with van der Waals surface area (Å²) in [5.74, 6) is 0. The van der Waals surface area contributed by atoms with E-state index in [-0.39, 0.29) is 11.0 Å². The summed E-state index contributed by atoms with van der Waals surface area (Å²) in [7, 11) is 0. The van der Waals surface area contributed by atoms with E-state index in [1.54, 1.807) is 0 Å². The number of aromatic amines is 1. The summed E-state index contributed by atoms with van der Waals surface area (Å²) in [6.45, 7) is 5.70. The van der Waals surface area contributed by atoms with Gasteiger partial charge in [-0.3, -0.25) is 0 Å². The number of aromatic nitrogens is 1. The Morgan fingerprint density at radius 2 is 2.29 bits per heavy atom. The average molecular weight is 194 g/mol. The molecule has 14 heavy (non-hydrogen) atoms. The van der Waals surface area contributed by atoms with Crippen molar-refractivity contribution in [3.63, 3.8) is 0 Å². The van der Waals surface area contributed by atoms with Crippen LogP contribution in [-0.4, -0.2) is 23.7 Å². The van der Waals surface area contributed by atoms with Crippen LogP contribution < -0.4 is 5.73 Å². The molecule has 1 aliphatic rings. The van der Waals surface area contributed by atoms with E-state index >= 15 is 0 Å². The Morgan fingerprint density at radius 3 is 2.64 bits per heavy atom. The van der Waals surface area contributed by atoms with Crippen molar-refractivity contribution in [1.82, 2.24) is 4.98 Å². The molecule has 0 bridgehead atoms. The average Bonchev–Trinajstić information content (AvgIpc) is 2.46. The maximum atomic E-state index is 6.07. The van der Waals surface area contributed by atoms with Crippen LogP contribution >= 0.6 is 0 Å². The van der Waals surface area contributed by atoms with E-state index in [4.69, 9.17) is 10.5 Å². The zero-order chi connectivity index (χ0) is 10.2. The third kappa shape index (κ3) is 1.70. The molecule has 78 valence electrons. The Morgan fingerprint density at radius 1 is 1.57 bits per heavy atom. The molecule has 2 rings (SSSR count). The highest BCUT2D eigenvalue weighted by molar-refractivity contribution is 5.22. The number of nitrogens with one attached hydrogen (secondary N) is 1. The highest BCUT2D eigenvalue weighted by Gasteiger charge is 2.44. The molecule has 3 N–H and O–H groups in total. The summed E-state index contributed by atoms with van der Waals surface area (Å²) in [6.07, 6.45) is 2.92. The van der Waals surface area contributed by atoms with E-state index in [2.05, 4.69) is 24.9 Å². The van der Waals surface area contributed by atoms with Crippen molar-refractivity contribution in [1.29, 1.82) is 0 Å². The van der Waals surface area contributed by atoms with Gasteiger partial charge in [0.1, 0.15) is 0 Å². The summed E-state index contributed by atoms with van der Waals surface area (Å²) in [4.78, 5) is 3.27. The largest absolute Gasteiger partial charge is 0.379 e. The quantitative estimate of drug-likeness (QED) is 0.764. The van der Waals surface area contributed by atoms with Gasteiger partial charge in [-0.05, 0) is 32.4 Å². The Kier molecular flexibility index (Phi) is 2.16. The molecule has 0 spiro atoms. The second-order valence-corrected chi connectivity index (χ2v) is 5.02. The van der Waals surface area contributed by atoms with Gasteiger partial charge in [0.2, 0.25) is 0 Å². The number of nitrogens with two attached hydrogens (primary N) is 1. The van der Waals surface area contributed by atoms with E-state index in [1.807, 2.05) is 12.3 Å². The fraction of sp³-hybridized carbons (Fsp3) is 0.636. The van der Waals surface area contributed by atoms with Gasteiger partial charge in [-0.1, -0.05) is 0 Å². The van der Waals surface area contributed by atoms with E-state index < -0.39 is 0 Å². The standard InChI is InChI=1S/C11H18N2O/c1-10(2,12)6-11(7-14-8-11)9-4-3-5-13-9/h3-5,13H,6-8,12H2,1-2H3. The molecule has 2 heterocycles. The van der Waals surface area contributed by atoms with Crippen molar-refractivity contribution < 1.29 is 4.74 Å². The van der Waals surface area contributed by atoms with Crippen LogP contribution in [0, 0.1) is 0 Å². The van der Waals surface area contributed by atoms with Gasteiger partial charge in [0.15, 0.2) is 0 Å². The van der Waals surface area contributed by atoms with Crippen molar-refractivity contribution in [2.75, 3.05) is 13.2 Å². The molecule has 0 atom stereocenters. The summed E-state index contributed by atoms with van der Waals surface area (Å²) < 4.78 is 5.33. The predicted molar refractivity (Wildman–Crippen MR) is 56.2 cm³/mol. The van der Waals surface area contributed by atoms with Crippen LogP contribution in [0.15, 0.2) is 18.3 Å². The monoisotopic (exact) mass is 194 g/mol. The van der Waals surface area contributed by atoms with Crippen LogP contribution in [-0.2, 0) is 10.2 Å². The van der Waals surface area contributed by atoms with Gasteiger partial charge in [-0.25, -0.2) is 0 Å². The molecule has 1 saturated heterocycles. The summed E-state index contributed by atoms with van der Waals surface area (Å²) in [5.41, 5.74) is 7.30. The number of ether oxygens (including phenoxy) is 1. The van der Waals surface area contributed by atoms with E-state index in [0.29, 0.717) is 0 Å². The van der Waals surface area contributed by atoms with Gasteiger partial charge >= 0.3 is 0 Å². The molecular weight excluding hydrogens is 176 g/mol. The first-order valence-corrected chi connectivity index (χ1v) is 5.02. The molecule has 0 saturated carbocycles. The lowest BCUT2D eigenvalue weighted by Gasteiger charge is -2.44. The Balaban J connectivity index is 2.19. The maximum Gasteiger partial charge on any atom is 0.0600 e. The molecular formula is C11H18N2O. The lowest BCUT2D eigenvalue weighted by molar-refractivity contribution is -0.0737. The fourth-order valence-electron chi connectivity index (χ4n) is 2.23. The normalized spacial score (nSPS) is 20.5. The van der Waals surface area contributed by atoms with Crippen LogP contribution in [0.4, 0.5) is 0 Å². The highest BCUT2D eigenvalue weighted by atomic mass is 16.5. The first kappa shape index (κ1) is 9.74. The molecule has 0 aromatic carbocycles. The fourth-order valence-corrected chi connectivity index (χ4v) is 2.23. The van der Waals surface area contributed by atoms with E-state index in [0.717, 1.165) is 19.6 Å². The molecule has 3 nitrogen and oxygen atoms in total. The van der Waals surface area contributed by atoms with Crippen molar-refractivity contribution in [3.8, 4) is 0 Å². The zero-order valence-corrected chi connectivity index (χ0v) is 8.84. The van der Waals surface area contributed by atoms with Crippen LogP contribution in [0.1, 0.15) is 26.0 Å². The molecule has 1 aromatic heterocycles. The van der Waals surface area contributed by atoms with Crippen LogP contribution in [0.5, 0.6) is 0 Å². The van der Waals surface area contributed by atoms with Gasteiger partial charge in [-0.2, -0.15) is 0 Å². The summed E-state index contributed by atoms with van der Waals surface area (Å²) in [6, 6.07) is 4.15. The topological polar surface area (TPSA) is 51.0 Å². The summed E-state index contributed by atoms with van der Waals surface area (Å²) in [5, 5.41) is 0. The molecule has 0 radical (unpaired) electrons. The van der Waals surface area contributed by atoms with Gasteiger partial charge in [0, 0.05) is 17.4 Å². The molecule has 0 amide bonds. The first-order valence-electron chi connectivity index (χ1n) is 5.02. The molecule has 1 aliphatic heterocycles. The van der Waals surface area contributed by atoms with Crippen LogP contribution in [0.3, 0.4) is 0 Å². The SMILES string of the molecule is CC(C)(N)CC1(c2ccc[nH]2)COC1. The molecule has 1 aromatic rings. The second-order valence-electron chi connectivity index (χ2n) is 5.02. The lowest BCUT2D eigenvalue weighted by Crippen LogP contribution is -2.53. The lowest BCUT2D eigenvalue weighted by atomic mass is 9.73. The Bertz CT molecular complexity index is 294. The van der Waals surface area contributed by atoms with Gasteiger partial charge in [0.05, 0.1) is 18.6 Å². The predicted octanol–water partition coefficient (Wildman–Crippen LogP) is 1.41. The maximum absolute atomic E-state index is 6.07. The van der Waals surface area contributed by atoms with Crippen LogP contribution in [0.2, 0.25) is 0 Å². The smallest absolute Gasteiger partial charge is 0.0600 e. The molecule has 3 heteroatoms. The minimum atomic E-state index is -0.144. The van der Waals surface area contributed by atoms with Crippen molar-refractivity contribution in [2.24, 2.45) is 5.73 Å². The van der Waals surface area contributed by atoms with Gasteiger partial charge < -0.3 is 15.5 Å². The number of rotatable bonds is 3. The number of H-pyrrole nitrogens is 1. The first-order chi connectivity index (χ1) is 6.52. The van der Waals surface area contributed by atoms with Crippen LogP contribution in [0.25, 0.3) is 0 Å². The van der Waals surface area contributed by atoms with Crippen molar-refractivity contribution in [2.45, 2.75) is 31.2 Å². The third-order valence-electron chi connectivity index (χ3n) is 2.72. The minimum Gasteiger partial charge on any atom is -0.379 e. The number of hydrogen-bond donors (Lipinski definition) is 2. The number of hydrogen-bond acceptors (Lipinski definition) is 2. The van der Waals surface area contributed by atoms with Crippen molar-refractivity contribution >= 4 is 0 Å². The third-order valence-corrected chi connectivity index (χ3v) is 2.72. The Labute approximate surface area is 84.6 Å². The summed E-state index contributed by atoms with van der Waals surface area (Å²) >= 11 is 0. The van der Waals surface area contributed by atoms with Crippen molar-refractivity contribution in [3.05, 3.63) is 24.0 Å².